The molecule has 0 unspecified atom stereocenters. The molecule has 0 saturated carbocycles. The molecule has 170 valence electrons. The van der Waals surface area contributed by atoms with Crippen LogP contribution in [0.5, 0.6) is 5.75 Å². The summed E-state index contributed by atoms with van der Waals surface area (Å²) in [5.74, 6) is -2.04. The highest BCUT2D eigenvalue weighted by molar-refractivity contribution is 6.05. The summed E-state index contributed by atoms with van der Waals surface area (Å²) in [6, 6.07) is 11.6. The Bertz CT molecular complexity index is 1430. The van der Waals surface area contributed by atoms with Crippen molar-refractivity contribution in [1.82, 2.24) is 14.6 Å². The standard InChI is InChI=1S/C22H16F4N4O3/c1-11-15(20(31)28-13-9-6-10-14(33-2)17(13)23)21(32)30-19(27-11)16(12-7-4-3-5-8-12)18(29-30)22(24,25)26/h3-10,29H,1-2H3,(H,28,31). The number of hydrogen-bond acceptors (Lipinski definition) is 4. The molecule has 2 aromatic heterocycles. The van der Waals surface area contributed by atoms with E-state index in [4.69, 9.17) is 4.74 Å². The number of aromatic amines is 1. The van der Waals surface area contributed by atoms with E-state index < -0.39 is 34.7 Å². The second kappa shape index (κ2) is 8.08. The lowest BCUT2D eigenvalue weighted by molar-refractivity contribution is -0.140. The van der Waals surface area contributed by atoms with E-state index in [1.165, 1.54) is 44.4 Å². The second-order valence-electron chi connectivity index (χ2n) is 7.04. The fourth-order valence-corrected chi connectivity index (χ4v) is 3.47. The summed E-state index contributed by atoms with van der Waals surface area (Å²) in [6.07, 6.45) is -4.83. The number of alkyl halides is 3. The number of nitrogens with zero attached hydrogens (tertiary/aromatic N) is 2. The number of fused-ring (bicyclic) bond motifs is 1. The molecule has 0 saturated heterocycles. The maximum Gasteiger partial charge on any atom is 0.433 e. The molecule has 2 N–H and O–H groups in total. The van der Waals surface area contributed by atoms with E-state index in [-0.39, 0.29) is 33.9 Å². The van der Waals surface area contributed by atoms with Gasteiger partial charge in [0.1, 0.15) is 11.3 Å². The molecule has 7 nitrogen and oxygen atoms in total. The quantitative estimate of drug-likeness (QED) is 0.442. The van der Waals surface area contributed by atoms with E-state index in [0.29, 0.717) is 4.52 Å². The highest BCUT2D eigenvalue weighted by Crippen LogP contribution is 2.38. The number of methoxy groups -OCH3 is 1. The number of benzene rings is 2. The van der Waals surface area contributed by atoms with Crippen molar-refractivity contribution in [3.05, 3.63) is 81.7 Å². The first kappa shape index (κ1) is 22.1. The molecule has 2 heterocycles. The van der Waals surface area contributed by atoms with Gasteiger partial charge < -0.3 is 10.1 Å². The van der Waals surface area contributed by atoms with Crippen molar-refractivity contribution in [3.63, 3.8) is 0 Å². The van der Waals surface area contributed by atoms with Crippen LogP contribution in [0.2, 0.25) is 0 Å². The van der Waals surface area contributed by atoms with Gasteiger partial charge in [-0.15, -0.1) is 0 Å². The van der Waals surface area contributed by atoms with Crippen LogP contribution in [0.15, 0.2) is 53.3 Å². The number of carbonyl (C=O) groups is 1. The molecule has 0 fully saturated rings. The van der Waals surface area contributed by atoms with Crippen LogP contribution >= 0.6 is 0 Å². The van der Waals surface area contributed by atoms with Crippen molar-refractivity contribution in [2.75, 3.05) is 12.4 Å². The smallest absolute Gasteiger partial charge is 0.433 e. The fourth-order valence-electron chi connectivity index (χ4n) is 3.47. The van der Waals surface area contributed by atoms with Crippen LogP contribution in [0.3, 0.4) is 0 Å². The lowest BCUT2D eigenvalue weighted by atomic mass is 10.1. The molecule has 33 heavy (non-hydrogen) atoms. The average Bonchev–Trinajstić information content (AvgIpc) is 3.16. The fraction of sp³-hybridized carbons (Fsp3) is 0.136. The number of halogens is 4. The highest BCUT2D eigenvalue weighted by Gasteiger charge is 2.38. The number of rotatable bonds is 4. The van der Waals surface area contributed by atoms with E-state index in [1.807, 2.05) is 5.10 Å². The summed E-state index contributed by atoms with van der Waals surface area (Å²) in [7, 11) is 1.24. The first-order chi connectivity index (χ1) is 15.6. The molecular formula is C22H16F4N4O3. The molecule has 0 aliphatic heterocycles. The summed E-state index contributed by atoms with van der Waals surface area (Å²) < 4.78 is 61.1. The largest absolute Gasteiger partial charge is 0.494 e. The van der Waals surface area contributed by atoms with Gasteiger partial charge in [0.25, 0.3) is 11.5 Å². The van der Waals surface area contributed by atoms with Gasteiger partial charge in [0, 0.05) is 0 Å². The van der Waals surface area contributed by atoms with Crippen LogP contribution in [0.1, 0.15) is 21.7 Å². The first-order valence-corrected chi connectivity index (χ1v) is 9.55. The first-order valence-electron chi connectivity index (χ1n) is 9.55. The Hall–Kier alpha value is -4.15. The van der Waals surface area contributed by atoms with E-state index in [1.54, 1.807) is 18.2 Å². The lowest BCUT2D eigenvalue weighted by Crippen LogP contribution is -2.29. The number of anilines is 1. The number of nitrogens with one attached hydrogen (secondary N) is 2. The number of hydrogen-bond donors (Lipinski definition) is 2. The number of H-pyrrole nitrogens is 1. The Labute approximate surface area is 183 Å². The maximum absolute atomic E-state index is 14.4. The van der Waals surface area contributed by atoms with Gasteiger partial charge >= 0.3 is 6.18 Å². The molecule has 2 aromatic carbocycles. The second-order valence-corrected chi connectivity index (χ2v) is 7.04. The molecule has 0 atom stereocenters. The van der Waals surface area contributed by atoms with E-state index in [2.05, 4.69) is 10.3 Å². The third-order valence-corrected chi connectivity index (χ3v) is 4.97. The van der Waals surface area contributed by atoms with Gasteiger partial charge in [-0.3, -0.25) is 14.7 Å². The van der Waals surface area contributed by atoms with Crippen molar-refractivity contribution in [2.45, 2.75) is 13.1 Å². The van der Waals surface area contributed by atoms with Crippen LogP contribution in [0.25, 0.3) is 16.8 Å². The van der Waals surface area contributed by atoms with Gasteiger partial charge in [-0.05, 0) is 24.6 Å². The molecule has 0 bridgehead atoms. The number of aromatic nitrogens is 3. The Balaban J connectivity index is 1.89. The minimum absolute atomic E-state index is 0.120. The number of amides is 1. The van der Waals surface area contributed by atoms with Gasteiger partial charge in [-0.1, -0.05) is 36.4 Å². The molecular weight excluding hydrogens is 444 g/mol. The Morgan fingerprint density at radius 1 is 1.12 bits per heavy atom. The minimum atomic E-state index is -4.83. The third kappa shape index (κ3) is 3.81. The average molecular weight is 460 g/mol. The number of ether oxygens (including phenoxy) is 1. The zero-order valence-corrected chi connectivity index (χ0v) is 17.2. The van der Waals surface area contributed by atoms with Crippen molar-refractivity contribution < 1.29 is 27.1 Å². The molecule has 0 radical (unpaired) electrons. The molecule has 4 rings (SSSR count). The van der Waals surface area contributed by atoms with Crippen LogP contribution in [-0.4, -0.2) is 27.6 Å². The van der Waals surface area contributed by atoms with E-state index in [9.17, 15) is 27.2 Å². The van der Waals surface area contributed by atoms with Gasteiger partial charge in [0.2, 0.25) is 0 Å². The SMILES string of the molecule is COc1cccc(NC(=O)c2c(C)nc3c(-c4ccccc4)c(C(F)(F)F)[nH]n3c2=O)c1F. The summed E-state index contributed by atoms with van der Waals surface area (Å²) in [5.41, 5.74) is -3.61. The van der Waals surface area contributed by atoms with Crippen molar-refractivity contribution in [2.24, 2.45) is 0 Å². The summed E-state index contributed by atoms with van der Waals surface area (Å²) in [6.45, 7) is 1.31. The third-order valence-electron chi connectivity index (χ3n) is 4.97. The normalized spacial score (nSPS) is 11.6. The van der Waals surface area contributed by atoms with Crippen LogP contribution < -0.4 is 15.6 Å². The van der Waals surface area contributed by atoms with Gasteiger partial charge in [0.05, 0.1) is 24.1 Å². The zero-order valence-electron chi connectivity index (χ0n) is 17.2. The molecule has 0 aliphatic rings. The molecule has 0 aliphatic carbocycles. The van der Waals surface area contributed by atoms with Crippen LogP contribution in [0, 0.1) is 12.7 Å². The molecule has 11 heteroatoms. The monoisotopic (exact) mass is 460 g/mol. The predicted octanol–water partition coefficient (Wildman–Crippen LogP) is 4.42. The summed E-state index contributed by atoms with van der Waals surface area (Å²) in [5, 5.41) is 4.28. The van der Waals surface area contributed by atoms with Crippen molar-refractivity contribution in [3.8, 4) is 16.9 Å². The Morgan fingerprint density at radius 3 is 2.45 bits per heavy atom. The molecule has 0 spiro atoms. The lowest BCUT2D eigenvalue weighted by Gasteiger charge is -2.10. The topological polar surface area (TPSA) is 88.5 Å². The summed E-state index contributed by atoms with van der Waals surface area (Å²) >= 11 is 0. The van der Waals surface area contributed by atoms with Gasteiger partial charge in [-0.2, -0.15) is 17.7 Å². The summed E-state index contributed by atoms with van der Waals surface area (Å²) in [4.78, 5) is 30.0. The van der Waals surface area contributed by atoms with E-state index in [0.717, 1.165) is 0 Å². The van der Waals surface area contributed by atoms with Crippen molar-refractivity contribution >= 4 is 17.2 Å². The van der Waals surface area contributed by atoms with Gasteiger partial charge in [0.15, 0.2) is 17.2 Å². The minimum Gasteiger partial charge on any atom is -0.494 e. The Kier molecular flexibility index (Phi) is 5.40. The van der Waals surface area contributed by atoms with Crippen LogP contribution in [0.4, 0.5) is 23.2 Å². The highest BCUT2D eigenvalue weighted by atomic mass is 19.4. The predicted molar refractivity (Wildman–Crippen MR) is 112 cm³/mol. The maximum atomic E-state index is 14.4. The molecule has 4 aromatic rings. The Morgan fingerprint density at radius 2 is 1.82 bits per heavy atom. The van der Waals surface area contributed by atoms with Crippen molar-refractivity contribution in [1.29, 1.82) is 0 Å². The zero-order chi connectivity index (χ0) is 23.9. The van der Waals surface area contributed by atoms with E-state index >= 15 is 0 Å². The molecule has 1 amide bonds. The number of aryl methyl sites for hydroxylation is 1. The van der Waals surface area contributed by atoms with Gasteiger partial charge in [-0.25, -0.2) is 9.37 Å². The van der Waals surface area contributed by atoms with Crippen LogP contribution in [-0.2, 0) is 6.18 Å². The number of carbonyl (C=O) groups excluding carboxylic acids is 1.